The minimum Gasteiger partial charge on any atom is -0.508 e. The van der Waals surface area contributed by atoms with Crippen LogP contribution in [-0.2, 0) is 0 Å². The van der Waals surface area contributed by atoms with Crippen LogP contribution >= 0.6 is 0 Å². The van der Waals surface area contributed by atoms with E-state index in [0.717, 1.165) is 0 Å². The SMILES string of the molecule is CCC(C)(O)CNC(=O)c1cc(O)ccc1N. The lowest BCUT2D eigenvalue weighted by atomic mass is 10.0. The molecule has 0 aromatic heterocycles. The number of benzene rings is 1. The lowest BCUT2D eigenvalue weighted by Gasteiger charge is -2.21. The van der Waals surface area contributed by atoms with Crippen LogP contribution in [0.5, 0.6) is 5.75 Å². The van der Waals surface area contributed by atoms with Crippen molar-refractivity contribution in [3.05, 3.63) is 23.8 Å². The number of rotatable bonds is 4. The molecule has 5 N–H and O–H groups in total. The highest BCUT2D eigenvalue weighted by Gasteiger charge is 2.19. The Balaban J connectivity index is 2.74. The van der Waals surface area contributed by atoms with E-state index in [1.807, 2.05) is 6.92 Å². The molecule has 1 aromatic rings. The van der Waals surface area contributed by atoms with Crippen molar-refractivity contribution in [2.24, 2.45) is 0 Å². The second-order valence-electron chi connectivity index (χ2n) is 4.30. The zero-order valence-electron chi connectivity index (χ0n) is 10.0. The van der Waals surface area contributed by atoms with Crippen molar-refractivity contribution in [1.29, 1.82) is 0 Å². The van der Waals surface area contributed by atoms with Gasteiger partial charge in [-0.1, -0.05) is 6.92 Å². The maximum Gasteiger partial charge on any atom is 0.253 e. The summed E-state index contributed by atoms with van der Waals surface area (Å²) in [6, 6.07) is 4.17. The first kappa shape index (κ1) is 13.3. The molecule has 0 spiro atoms. The minimum atomic E-state index is -0.943. The van der Waals surface area contributed by atoms with Gasteiger partial charge in [-0.15, -0.1) is 0 Å². The number of anilines is 1. The summed E-state index contributed by atoms with van der Waals surface area (Å²) in [4.78, 5) is 11.8. The van der Waals surface area contributed by atoms with Gasteiger partial charge in [0, 0.05) is 12.2 Å². The Labute approximate surface area is 100 Å². The second kappa shape index (κ2) is 5.05. The van der Waals surface area contributed by atoms with Gasteiger partial charge in [0.15, 0.2) is 0 Å². The summed E-state index contributed by atoms with van der Waals surface area (Å²) in [6.07, 6.45) is 0.531. The summed E-state index contributed by atoms with van der Waals surface area (Å²) in [7, 11) is 0. The molecule has 0 bridgehead atoms. The largest absolute Gasteiger partial charge is 0.508 e. The Morgan fingerprint density at radius 2 is 2.18 bits per heavy atom. The van der Waals surface area contributed by atoms with Crippen molar-refractivity contribution < 1.29 is 15.0 Å². The first-order valence-electron chi connectivity index (χ1n) is 5.45. The summed E-state index contributed by atoms with van der Waals surface area (Å²) >= 11 is 0. The van der Waals surface area contributed by atoms with E-state index >= 15 is 0 Å². The smallest absolute Gasteiger partial charge is 0.253 e. The molecule has 0 saturated heterocycles. The van der Waals surface area contributed by atoms with Crippen LogP contribution in [0.2, 0.25) is 0 Å². The molecule has 0 aliphatic heterocycles. The van der Waals surface area contributed by atoms with Crippen LogP contribution in [0.25, 0.3) is 0 Å². The number of phenolic OH excluding ortho intramolecular Hbond substituents is 1. The summed E-state index contributed by atoms with van der Waals surface area (Å²) in [5.74, 6) is -0.432. The third-order valence-corrected chi connectivity index (χ3v) is 2.67. The van der Waals surface area contributed by atoms with Crippen LogP contribution in [0.4, 0.5) is 5.69 Å². The molecular weight excluding hydrogens is 220 g/mol. The number of nitrogens with two attached hydrogens (primary N) is 1. The number of phenols is 1. The highest BCUT2D eigenvalue weighted by Crippen LogP contribution is 2.18. The number of aliphatic hydroxyl groups is 1. The number of carbonyl (C=O) groups is 1. The number of aromatic hydroxyl groups is 1. The maximum absolute atomic E-state index is 11.8. The van der Waals surface area contributed by atoms with Gasteiger partial charge in [-0.3, -0.25) is 4.79 Å². The predicted octanol–water partition coefficient (Wildman–Crippen LogP) is 0.865. The lowest BCUT2D eigenvalue weighted by molar-refractivity contribution is 0.0518. The Bertz CT molecular complexity index is 416. The molecule has 0 saturated carbocycles. The molecule has 5 heteroatoms. The van der Waals surface area contributed by atoms with Crippen molar-refractivity contribution in [2.75, 3.05) is 12.3 Å². The number of nitrogens with one attached hydrogen (secondary N) is 1. The van der Waals surface area contributed by atoms with Crippen molar-refractivity contribution in [3.63, 3.8) is 0 Å². The van der Waals surface area contributed by atoms with Crippen LogP contribution in [0.3, 0.4) is 0 Å². The van der Waals surface area contributed by atoms with Gasteiger partial charge in [0.25, 0.3) is 5.91 Å². The van der Waals surface area contributed by atoms with E-state index in [0.29, 0.717) is 6.42 Å². The minimum absolute atomic E-state index is 0.0217. The summed E-state index contributed by atoms with van der Waals surface area (Å²) in [5, 5.41) is 21.6. The van der Waals surface area contributed by atoms with E-state index < -0.39 is 11.5 Å². The highest BCUT2D eigenvalue weighted by molar-refractivity contribution is 5.99. The Hall–Kier alpha value is -1.75. The Kier molecular flexibility index (Phi) is 3.96. The van der Waals surface area contributed by atoms with Crippen molar-refractivity contribution in [3.8, 4) is 5.75 Å². The van der Waals surface area contributed by atoms with E-state index in [1.54, 1.807) is 6.92 Å². The third-order valence-electron chi connectivity index (χ3n) is 2.67. The van der Waals surface area contributed by atoms with E-state index in [4.69, 9.17) is 5.73 Å². The van der Waals surface area contributed by atoms with Gasteiger partial charge in [-0.05, 0) is 31.5 Å². The predicted molar refractivity (Wildman–Crippen MR) is 65.8 cm³/mol. The van der Waals surface area contributed by atoms with Gasteiger partial charge in [0.2, 0.25) is 0 Å². The zero-order chi connectivity index (χ0) is 13.1. The van der Waals surface area contributed by atoms with Crippen LogP contribution in [0.1, 0.15) is 30.6 Å². The fraction of sp³-hybridized carbons (Fsp3) is 0.417. The number of hydrogen-bond acceptors (Lipinski definition) is 4. The monoisotopic (exact) mass is 238 g/mol. The van der Waals surface area contributed by atoms with E-state index in [9.17, 15) is 15.0 Å². The molecule has 1 unspecified atom stereocenters. The molecule has 0 heterocycles. The first-order chi connectivity index (χ1) is 7.85. The molecular formula is C12H18N2O3. The molecule has 1 amide bonds. The quantitative estimate of drug-likeness (QED) is 0.462. The van der Waals surface area contributed by atoms with Crippen LogP contribution < -0.4 is 11.1 Å². The standard InChI is InChI=1S/C12H18N2O3/c1-3-12(2,17)7-14-11(16)9-6-8(15)4-5-10(9)13/h4-6,15,17H,3,7,13H2,1-2H3,(H,14,16). The summed E-state index contributed by atoms with van der Waals surface area (Å²) in [6.45, 7) is 3.60. The third kappa shape index (κ3) is 3.64. The average Bonchev–Trinajstić information content (AvgIpc) is 2.29. The normalized spacial score (nSPS) is 14.1. The molecule has 17 heavy (non-hydrogen) atoms. The highest BCUT2D eigenvalue weighted by atomic mass is 16.3. The summed E-state index contributed by atoms with van der Waals surface area (Å²) < 4.78 is 0. The topological polar surface area (TPSA) is 95.6 Å². The van der Waals surface area contributed by atoms with Gasteiger partial charge in [-0.2, -0.15) is 0 Å². The average molecular weight is 238 g/mol. The van der Waals surface area contributed by atoms with Gasteiger partial charge in [0.05, 0.1) is 11.2 Å². The second-order valence-corrected chi connectivity index (χ2v) is 4.30. The molecule has 1 atom stereocenters. The number of carbonyl (C=O) groups excluding carboxylic acids is 1. The zero-order valence-corrected chi connectivity index (χ0v) is 10.0. The van der Waals surface area contributed by atoms with Crippen LogP contribution in [-0.4, -0.2) is 28.3 Å². The van der Waals surface area contributed by atoms with Crippen molar-refractivity contribution >= 4 is 11.6 Å². The van der Waals surface area contributed by atoms with Crippen molar-refractivity contribution in [2.45, 2.75) is 25.9 Å². The van der Waals surface area contributed by atoms with Gasteiger partial charge in [-0.25, -0.2) is 0 Å². The molecule has 94 valence electrons. The molecule has 5 nitrogen and oxygen atoms in total. The van der Waals surface area contributed by atoms with E-state index in [-0.39, 0.29) is 23.5 Å². The molecule has 1 rings (SSSR count). The van der Waals surface area contributed by atoms with Crippen LogP contribution in [0, 0.1) is 0 Å². The molecule has 0 aliphatic carbocycles. The Morgan fingerprint density at radius 1 is 1.53 bits per heavy atom. The number of amides is 1. The fourth-order valence-corrected chi connectivity index (χ4v) is 1.23. The molecule has 1 aromatic carbocycles. The lowest BCUT2D eigenvalue weighted by Crippen LogP contribution is -2.40. The number of hydrogen-bond donors (Lipinski definition) is 4. The van der Waals surface area contributed by atoms with Gasteiger partial charge >= 0.3 is 0 Å². The first-order valence-corrected chi connectivity index (χ1v) is 5.45. The fourth-order valence-electron chi connectivity index (χ4n) is 1.23. The van der Waals surface area contributed by atoms with E-state index in [1.165, 1.54) is 18.2 Å². The van der Waals surface area contributed by atoms with Crippen molar-refractivity contribution in [1.82, 2.24) is 5.32 Å². The molecule has 0 aliphatic rings. The summed E-state index contributed by atoms with van der Waals surface area (Å²) in [5.41, 5.74) is 5.18. The van der Waals surface area contributed by atoms with Gasteiger partial charge < -0.3 is 21.3 Å². The Morgan fingerprint density at radius 3 is 2.76 bits per heavy atom. The number of nitrogen functional groups attached to an aromatic ring is 1. The van der Waals surface area contributed by atoms with Gasteiger partial charge in [0.1, 0.15) is 5.75 Å². The molecule has 0 radical (unpaired) electrons. The van der Waals surface area contributed by atoms with Crippen LogP contribution in [0.15, 0.2) is 18.2 Å². The van der Waals surface area contributed by atoms with E-state index in [2.05, 4.69) is 5.32 Å². The molecule has 0 fully saturated rings. The maximum atomic E-state index is 11.8.